The maximum absolute atomic E-state index is 11.4. The number of fused-ring (bicyclic) bond motifs is 1. The third kappa shape index (κ3) is 1.36. The summed E-state index contributed by atoms with van der Waals surface area (Å²) in [4.78, 5) is 11.4. The second-order valence-corrected chi connectivity index (χ2v) is 4.62. The highest BCUT2D eigenvalue weighted by Gasteiger charge is 2.47. The van der Waals surface area contributed by atoms with Crippen molar-refractivity contribution >= 4 is 5.97 Å². The Bertz CT molecular complexity index is 405. The number of aliphatic carboxylic acids is 1. The Morgan fingerprint density at radius 1 is 1.38 bits per heavy atom. The molecule has 2 nitrogen and oxygen atoms in total. The molecule has 1 atom stereocenters. The summed E-state index contributed by atoms with van der Waals surface area (Å²) in [6.07, 6.45) is 2.49. The van der Waals surface area contributed by atoms with E-state index in [2.05, 4.69) is 26.0 Å². The normalized spacial score (nSPS) is 21.8. The van der Waals surface area contributed by atoms with Crippen LogP contribution in [0.4, 0.5) is 0 Å². The molecule has 86 valence electrons. The van der Waals surface area contributed by atoms with E-state index in [9.17, 15) is 9.90 Å². The summed E-state index contributed by atoms with van der Waals surface area (Å²) >= 11 is 0. The number of hydrogen-bond acceptors (Lipinski definition) is 1. The largest absolute Gasteiger partial charge is 0.481 e. The van der Waals surface area contributed by atoms with Crippen LogP contribution in [0.3, 0.4) is 0 Å². The van der Waals surface area contributed by atoms with E-state index in [1.807, 2.05) is 12.1 Å². The summed E-state index contributed by atoms with van der Waals surface area (Å²) in [7, 11) is 0. The van der Waals surface area contributed by atoms with Crippen molar-refractivity contribution in [2.45, 2.75) is 38.5 Å². The molecule has 0 aromatic heterocycles. The number of carboxylic acid groups (broad SMARTS) is 1. The molecular weight excluding hydrogens is 200 g/mol. The molecule has 0 aliphatic heterocycles. The lowest BCUT2D eigenvalue weighted by atomic mass is 9.71. The van der Waals surface area contributed by atoms with Gasteiger partial charge in [0.25, 0.3) is 0 Å². The van der Waals surface area contributed by atoms with Crippen molar-refractivity contribution in [1.29, 1.82) is 0 Å². The number of benzene rings is 1. The fourth-order valence-electron chi connectivity index (χ4n) is 3.23. The molecule has 1 N–H and O–H groups in total. The molecule has 0 saturated carbocycles. The first-order valence-electron chi connectivity index (χ1n) is 5.97. The SMILES string of the molecule is CCC1(CC)c2ccccc2CC1C(=O)O. The lowest BCUT2D eigenvalue weighted by Crippen LogP contribution is -2.35. The van der Waals surface area contributed by atoms with Crippen LogP contribution in [-0.2, 0) is 16.6 Å². The maximum Gasteiger partial charge on any atom is 0.307 e. The van der Waals surface area contributed by atoms with Crippen LogP contribution in [0.15, 0.2) is 24.3 Å². The number of carbonyl (C=O) groups is 1. The molecule has 0 amide bonds. The molecular formula is C14H18O2. The monoisotopic (exact) mass is 218 g/mol. The number of carboxylic acids is 1. The fraction of sp³-hybridized carbons (Fsp3) is 0.500. The van der Waals surface area contributed by atoms with Gasteiger partial charge in [0, 0.05) is 5.41 Å². The summed E-state index contributed by atoms with van der Waals surface area (Å²) in [6, 6.07) is 8.19. The minimum Gasteiger partial charge on any atom is -0.481 e. The maximum atomic E-state index is 11.4. The average molecular weight is 218 g/mol. The van der Waals surface area contributed by atoms with E-state index in [0.717, 1.165) is 12.8 Å². The molecule has 1 aliphatic rings. The van der Waals surface area contributed by atoms with Crippen LogP contribution in [0.2, 0.25) is 0 Å². The minimum absolute atomic E-state index is 0.150. The van der Waals surface area contributed by atoms with Gasteiger partial charge in [0.05, 0.1) is 5.92 Å². The summed E-state index contributed by atoms with van der Waals surface area (Å²) in [5.74, 6) is -0.903. The lowest BCUT2D eigenvalue weighted by molar-refractivity contribution is -0.144. The molecule has 1 aromatic rings. The molecule has 0 bridgehead atoms. The van der Waals surface area contributed by atoms with E-state index in [1.54, 1.807) is 0 Å². The van der Waals surface area contributed by atoms with Crippen molar-refractivity contribution in [3.8, 4) is 0 Å². The van der Waals surface area contributed by atoms with E-state index >= 15 is 0 Å². The highest BCUT2D eigenvalue weighted by Crippen LogP contribution is 2.48. The van der Waals surface area contributed by atoms with Crippen molar-refractivity contribution in [3.05, 3.63) is 35.4 Å². The van der Waals surface area contributed by atoms with Gasteiger partial charge in [0.2, 0.25) is 0 Å². The molecule has 0 spiro atoms. The third-order valence-corrected chi connectivity index (χ3v) is 4.20. The summed E-state index contributed by atoms with van der Waals surface area (Å²) < 4.78 is 0. The van der Waals surface area contributed by atoms with E-state index in [1.165, 1.54) is 11.1 Å². The average Bonchev–Trinajstić information content (AvgIpc) is 2.64. The number of hydrogen-bond donors (Lipinski definition) is 1. The number of rotatable bonds is 3. The van der Waals surface area contributed by atoms with Crippen LogP contribution in [0.1, 0.15) is 37.8 Å². The van der Waals surface area contributed by atoms with Crippen LogP contribution in [0.25, 0.3) is 0 Å². The van der Waals surface area contributed by atoms with Crippen LogP contribution >= 0.6 is 0 Å². The van der Waals surface area contributed by atoms with Gasteiger partial charge in [0.15, 0.2) is 0 Å². The molecule has 1 aliphatic carbocycles. The molecule has 1 aromatic carbocycles. The van der Waals surface area contributed by atoms with Gasteiger partial charge in [-0.25, -0.2) is 0 Å². The molecule has 0 radical (unpaired) electrons. The summed E-state index contributed by atoms with van der Waals surface area (Å²) in [5, 5.41) is 9.38. The van der Waals surface area contributed by atoms with Gasteiger partial charge in [-0.15, -0.1) is 0 Å². The Morgan fingerprint density at radius 2 is 2.00 bits per heavy atom. The lowest BCUT2D eigenvalue weighted by Gasteiger charge is -2.32. The Morgan fingerprint density at radius 3 is 2.56 bits per heavy atom. The zero-order valence-electron chi connectivity index (χ0n) is 9.86. The van der Waals surface area contributed by atoms with Gasteiger partial charge in [-0.3, -0.25) is 4.79 Å². The standard InChI is InChI=1S/C14H18O2/c1-3-14(4-2)11-8-6-5-7-10(11)9-12(14)13(15)16/h5-8,12H,3-4,9H2,1-2H3,(H,15,16). The first kappa shape index (κ1) is 11.2. The molecule has 2 rings (SSSR count). The molecule has 16 heavy (non-hydrogen) atoms. The molecule has 1 unspecified atom stereocenters. The van der Waals surface area contributed by atoms with Crippen molar-refractivity contribution in [2.24, 2.45) is 5.92 Å². The highest BCUT2D eigenvalue weighted by molar-refractivity contribution is 5.75. The molecule has 0 heterocycles. The zero-order valence-corrected chi connectivity index (χ0v) is 9.86. The quantitative estimate of drug-likeness (QED) is 0.846. The topological polar surface area (TPSA) is 37.3 Å². The van der Waals surface area contributed by atoms with Gasteiger partial charge in [-0.1, -0.05) is 38.1 Å². The van der Waals surface area contributed by atoms with Crippen LogP contribution in [0.5, 0.6) is 0 Å². The highest BCUT2D eigenvalue weighted by atomic mass is 16.4. The van der Waals surface area contributed by atoms with Crippen LogP contribution < -0.4 is 0 Å². The summed E-state index contributed by atoms with van der Waals surface area (Å²) in [5.41, 5.74) is 2.33. The smallest absolute Gasteiger partial charge is 0.307 e. The van der Waals surface area contributed by atoms with Crippen LogP contribution in [0, 0.1) is 5.92 Å². The second-order valence-electron chi connectivity index (χ2n) is 4.62. The fourth-order valence-corrected chi connectivity index (χ4v) is 3.23. The Balaban J connectivity index is 2.55. The van der Waals surface area contributed by atoms with E-state index < -0.39 is 5.97 Å². The van der Waals surface area contributed by atoms with Crippen molar-refractivity contribution in [2.75, 3.05) is 0 Å². The predicted octanol–water partition coefficient (Wildman–Crippen LogP) is 3.00. The van der Waals surface area contributed by atoms with Gasteiger partial charge in [-0.05, 0) is 30.4 Å². The van der Waals surface area contributed by atoms with Gasteiger partial charge in [0.1, 0.15) is 0 Å². The van der Waals surface area contributed by atoms with Crippen LogP contribution in [-0.4, -0.2) is 11.1 Å². The molecule has 0 saturated heterocycles. The van der Waals surface area contributed by atoms with E-state index in [0.29, 0.717) is 6.42 Å². The molecule has 2 heteroatoms. The zero-order chi connectivity index (χ0) is 11.8. The Hall–Kier alpha value is -1.31. The Kier molecular flexibility index (Phi) is 2.75. The van der Waals surface area contributed by atoms with E-state index in [-0.39, 0.29) is 11.3 Å². The van der Waals surface area contributed by atoms with Crippen molar-refractivity contribution in [3.63, 3.8) is 0 Å². The molecule has 0 fully saturated rings. The van der Waals surface area contributed by atoms with Gasteiger partial charge in [-0.2, -0.15) is 0 Å². The third-order valence-electron chi connectivity index (χ3n) is 4.20. The van der Waals surface area contributed by atoms with Crippen molar-refractivity contribution < 1.29 is 9.90 Å². The first-order chi connectivity index (χ1) is 7.65. The minimum atomic E-state index is -0.653. The predicted molar refractivity (Wildman–Crippen MR) is 63.5 cm³/mol. The van der Waals surface area contributed by atoms with Crippen molar-refractivity contribution in [1.82, 2.24) is 0 Å². The first-order valence-corrected chi connectivity index (χ1v) is 5.97. The van der Waals surface area contributed by atoms with E-state index in [4.69, 9.17) is 0 Å². The second kappa shape index (κ2) is 3.93. The van der Waals surface area contributed by atoms with Gasteiger partial charge < -0.3 is 5.11 Å². The Labute approximate surface area is 96.3 Å². The summed E-state index contributed by atoms with van der Waals surface area (Å²) in [6.45, 7) is 4.20. The van der Waals surface area contributed by atoms with Gasteiger partial charge >= 0.3 is 5.97 Å².